The molecule has 2 rings (SSSR count). The molecular formula is C15H22F2N2. The molecule has 0 saturated heterocycles. The molecule has 2 nitrogen and oxygen atoms in total. The summed E-state index contributed by atoms with van der Waals surface area (Å²) in [5.41, 5.74) is 0.274. The zero-order valence-corrected chi connectivity index (χ0v) is 11.7. The second-order valence-corrected chi connectivity index (χ2v) is 5.63. The van der Waals surface area contributed by atoms with Gasteiger partial charge in [-0.25, -0.2) is 8.78 Å². The van der Waals surface area contributed by atoms with Gasteiger partial charge in [0.25, 0.3) is 0 Å². The lowest BCUT2D eigenvalue weighted by atomic mass is 9.96. The van der Waals surface area contributed by atoms with Crippen molar-refractivity contribution in [3.05, 3.63) is 35.4 Å². The lowest BCUT2D eigenvalue weighted by Gasteiger charge is -2.36. The Balaban J connectivity index is 1.96. The summed E-state index contributed by atoms with van der Waals surface area (Å²) < 4.78 is 27.0. The van der Waals surface area contributed by atoms with Gasteiger partial charge in [0.2, 0.25) is 0 Å². The molecule has 0 radical (unpaired) electrons. The van der Waals surface area contributed by atoms with E-state index in [-0.39, 0.29) is 17.6 Å². The minimum atomic E-state index is -0.474. The number of benzene rings is 1. The molecule has 0 heterocycles. The maximum absolute atomic E-state index is 13.5. The van der Waals surface area contributed by atoms with Gasteiger partial charge in [-0.1, -0.05) is 18.9 Å². The van der Waals surface area contributed by atoms with Crippen molar-refractivity contribution in [3.63, 3.8) is 0 Å². The van der Waals surface area contributed by atoms with E-state index in [9.17, 15) is 8.78 Å². The third kappa shape index (κ3) is 3.12. The molecule has 4 heteroatoms. The molecule has 1 aromatic carbocycles. The molecule has 0 unspecified atom stereocenters. The molecule has 0 aliphatic heterocycles. The van der Waals surface area contributed by atoms with Crippen LogP contribution in [0, 0.1) is 11.6 Å². The normalized spacial score (nSPS) is 18.2. The SMILES string of the molecule is CN(C)C1(CNCc2c(F)cccc2F)CCCC1. The molecule has 0 bridgehead atoms. The molecule has 1 aliphatic carbocycles. The van der Waals surface area contributed by atoms with Gasteiger partial charge >= 0.3 is 0 Å². The van der Waals surface area contributed by atoms with E-state index >= 15 is 0 Å². The Morgan fingerprint density at radius 1 is 1.16 bits per heavy atom. The molecule has 0 amide bonds. The van der Waals surface area contributed by atoms with Crippen LogP contribution in [-0.2, 0) is 6.54 Å². The van der Waals surface area contributed by atoms with Crippen LogP contribution in [-0.4, -0.2) is 31.1 Å². The van der Waals surface area contributed by atoms with Gasteiger partial charge < -0.3 is 10.2 Å². The van der Waals surface area contributed by atoms with Crippen LogP contribution in [0.2, 0.25) is 0 Å². The molecule has 1 fully saturated rings. The molecule has 106 valence electrons. The molecular weight excluding hydrogens is 246 g/mol. The van der Waals surface area contributed by atoms with Crippen LogP contribution in [0.4, 0.5) is 8.78 Å². The van der Waals surface area contributed by atoms with Crippen LogP contribution in [0.3, 0.4) is 0 Å². The molecule has 1 aromatic rings. The lowest BCUT2D eigenvalue weighted by Crippen LogP contribution is -2.49. The largest absolute Gasteiger partial charge is 0.311 e. The number of nitrogens with one attached hydrogen (secondary N) is 1. The van der Waals surface area contributed by atoms with Gasteiger partial charge in [-0.2, -0.15) is 0 Å². The second-order valence-electron chi connectivity index (χ2n) is 5.63. The first-order valence-electron chi connectivity index (χ1n) is 6.86. The third-order valence-electron chi connectivity index (χ3n) is 4.30. The van der Waals surface area contributed by atoms with E-state index in [1.807, 2.05) is 0 Å². The van der Waals surface area contributed by atoms with Gasteiger partial charge in [-0.15, -0.1) is 0 Å². The number of nitrogens with zero attached hydrogens (tertiary/aromatic N) is 1. The van der Waals surface area contributed by atoms with Gasteiger partial charge in [0.15, 0.2) is 0 Å². The van der Waals surface area contributed by atoms with E-state index in [1.165, 1.54) is 31.0 Å². The average molecular weight is 268 g/mol. The fourth-order valence-electron chi connectivity index (χ4n) is 2.94. The maximum atomic E-state index is 13.5. The van der Waals surface area contributed by atoms with E-state index in [1.54, 1.807) is 0 Å². The van der Waals surface area contributed by atoms with Gasteiger partial charge in [-0.05, 0) is 39.1 Å². The summed E-state index contributed by atoms with van der Waals surface area (Å²) in [4.78, 5) is 2.24. The maximum Gasteiger partial charge on any atom is 0.130 e. The molecule has 19 heavy (non-hydrogen) atoms. The summed E-state index contributed by atoms with van der Waals surface area (Å²) in [6.45, 7) is 1.02. The highest BCUT2D eigenvalue weighted by Gasteiger charge is 2.35. The van der Waals surface area contributed by atoms with Crippen LogP contribution < -0.4 is 5.32 Å². The summed E-state index contributed by atoms with van der Waals surface area (Å²) in [6, 6.07) is 4.00. The zero-order valence-electron chi connectivity index (χ0n) is 11.7. The first-order chi connectivity index (χ1) is 9.05. The monoisotopic (exact) mass is 268 g/mol. The predicted octanol–water partition coefficient (Wildman–Crippen LogP) is 2.93. The van der Waals surface area contributed by atoms with Crippen molar-refractivity contribution in [1.29, 1.82) is 0 Å². The Morgan fingerprint density at radius 3 is 2.26 bits per heavy atom. The Kier molecular flexibility index (Phi) is 4.53. The van der Waals surface area contributed by atoms with Crippen LogP contribution in [0.1, 0.15) is 31.2 Å². The van der Waals surface area contributed by atoms with Gasteiger partial charge in [0.1, 0.15) is 11.6 Å². The molecule has 1 saturated carbocycles. The van der Waals surface area contributed by atoms with Crippen molar-refractivity contribution in [2.45, 2.75) is 37.8 Å². The smallest absolute Gasteiger partial charge is 0.130 e. The first kappa shape index (κ1) is 14.4. The Labute approximate surface area is 113 Å². The molecule has 0 spiro atoms. The van der Waals surface area contributed by atoms with Crippen molar-refractivity contribution in [3.8, 4) is 0 Å². The zero-order chi connectivity index (χ0) is 13.9. The predicted molar refractivity (Wildman–Crippen MR) is 73.0 cm³/mol. The fourth-order valence-corrected chi connectivity index (χ4v) is 2.94. The number of halogens is 2. The quantitative estimate of drug-likeness (QED) is 0.883. The minimum absolute atomic E-state index is 0.134. The summed E-state index contributed by atoms with van der Waals surface area (Å²) in [7, 11) is 4.16. The fraction of sp³-hybridized carbons (Fsp3) is 0.600. The highest BCUT2D eigenvalue weighted by atomic mass is 19.1. The molecule has 1 aliphatic rings. The van der Waals surface area contributed by atoms with Gasteiger partial charge in [0, 0.05) is 24.2 Å². The Morgan fingerprint density at radius 2 is 1.74 bits per heavy atom. The summed E-state index contributed by atoms with van der Waals surface area (Å²) in [6.07, 6.45) is 4.75. The second kappa shape index (κ2) is 5.97. The standard InChI is InChI=1S/C15H22F2N2/c1-19(2)15(8-3-4-9-15)11-18-10-12-13(16)6-5-7-14(12)17/h5-7,18H,3-4,8-11H2,1-2H3. The summed E-state index contributed by atoms with van der Waals surface area (Å²) >= 11 is 0. The molecule has 0 aromatic heterocycles. The minimum Gasteiger partial charge on any atom is -0.311 e. The topological polar surface area (TPSA) is 15.3 Å². The van der Waals surface area contributed by atoms with Crippen LogP contribution in [0.25, 0.3) is 0 Å². The van der Waals surface area contributed by atoms with E-state index in [0.717, 1.165) is 19.4 Å². The number of hydrogen-bond acceptors (Lipinski definition) is 2. The number of rotatable bonds is 5. The highest BCUT2D eigenvalue weighted by molar-refractivity contribution is 5.19. The van der Waals surface area contributed by atoms with Crippen molar-refractivity contribution in [2.75, 3.05) is 20.6 Å². The highest BCUT2D eigenvalue weighted by Crippen LogP contribution is 2.33. The number of likely N-dealkylation sites (N-methyl/N-ethyl adjacent to an activating group) is 1. The van der Waals surface area contributed by atoms with E-state index < -0.39 is 11.6 Å². The van der Waals surface area contributed by atoms with E-state index in [0.29, 0.717) is 0 Å². The van der Waals surface area contributed by atoms with Crippen molar-refractivity contribution < 1.29 is 8.78 Å². The van der Waals surface area contributed by atoms with Gasteiger partial charge in [0.05, 0.1) is 0 Å². The summed E-state index contributed by atoms with van der Waals surface area (Å²) in [5, 5.41) is 3.23. The first-order valence-corrected chi connectivity index (χ1v) is 6.86. The Hall–Kier alpha value is -1.00. The Bertz CT molecular complexity index is 406. The van der Waals surface area contributed by atoms with E-state index in [4.69, 9.17) is 0 Å². The lowest BCUT2D eigenvalue weighted by molar-refractivity contribution is 0.153. The molecule has 0 atom stereocenters. The number of hydrogen-bond donors (Lipinski definition) is 1. The van der Waals surface area contributed by atoms with Crippen molar-refractivity contribution >= 4 is 0 Å². The molecule has 1 N–H and O–H groups in total. The van der Waals surface area contributed by atoms with Crippen molar-refractivity contribution in [2.24, 2.45) is 0 Å². The van der Waals surface area contributed by atoms with Crippen LogP contribution in [0.5, 0.6) is 0 Å². The average Bonchev–Trinajstić information content (AvgIpc) is 2.83. The third-order valence-corrected chi connectivity index (χ3v) is 4.30. The van der Waals surface area contributed by atoms with Crippen LogP contribution in [0.15, 0.2) is 18.2 Å². The summed E-state index contributed by atoms with van der Waals surface area (Å²) in [5.74, 6) is -0.948. The van der Waals surface area contributed by atoms with Crippen LogP contribution >= 0.6 is 0 Å². The van der Waals surface area contributed by atoms with Crippen molar-refractivity contribution in [1.82, 2.24) is 10.2 Å². The van der Waals surface area contributed by atoms with E-state index in [2.05, 4.69) is 24.3 Å². The van der Waals surface area contributed by atoms with Gasteiger partial charge in [-0.3, -0.25) is 0 Å².